The van der Waals surface area contributed by atoms with E-state index < -0.39 is 0 Å². The quantitative estimate of drug-likeness (QED) is 0.155. The summed E-state index contributed by atoms with van der Waals surface area (Å²) in [4.78, 5) is 15.3. The Hall–Kier alpha value is -7.69. The van der Waals surface area contributed by atoms with Crippen LogP contribution in [0.15, 0.2) is 205 Å². The number of benzene rings is 9. The van der Waals surface area contributed by atoms with Crippen LogP contribution in [0.25, 0.3) is 99.6 Å². The summed E-state index contributed by atoms with van der Waals surface area (Å²) < 4.78 is 6.43. The fourth-order valence-corrected chi connectivity index (χ4v) is 8.41. The van der Waals surface area contributed by atoms with E-state index >= 15 is 0 Å². The predicted octanol–water partition coefficient (Wildman–Crippen LogP) is 14.2. The maximum absolute atomic E-state index is 6.43. The highest BCUT2D eigenvalue weighted by atomic mass is 16.3. The van der Waals surface area contributed by atoms with Gasteiger partial charge >= 0.3 is 0 Å². The molecule has 2 aromatic heterocycles. The van der Waals surface area contributed by atoms with Crippen molar-refractivity contribution in [2.24, 2.45) is 0 Å². The SMILES string of the molecule is c1ccc(-c2ccc(-c3ccc4oc5cccc(CCc6nc(-c7ccc(-c8cccc9ccccc89)cc7)nc(-c7ccc8ccccc8c7)n6)c5c4c3)cc2)cc1. The van der Waals surface area contributed by atoms with E-state index in [1.807, 2.05) is 0 Å². The van der Waals surface area contributed by atoms with Crippen molar-refractivity contribution in [3.63, 3.8) is 0 Å². The maximum atomic E-state index is 6.43. The Bertz CT molecular complexity index is 3310. The van der Waals surface area contributed by atoms with Crippen molar-refractivity contribution >= 4 is 43.5 Å². The van der Waals surface area contributed by atoms with Gasteiger partial charge in [0.15, 0.2) is 11.6 Å². The van der Waals surface area contributed by atoms with E-state index in [2.05, 4.69) is 200 Å². The third-order valence-electron chi connectivity index (χ3n) is 11.5. The van der Waals surface area contributed by atoms with Gasteiger partial charge in [0.1, 0.15) is 17.0 Å². The topological polar surface area (TPSA) is 51.8 Å². The Morgan fingerprint density at radius 1 is 0.339 bits per heavy atom. The van der Waals surface area contributed by atoms with E-state index in [0.717, 1.165) is 61.8 Å². The minimum Gasteiger partial charge on any atom is -0.456 e. The van der Waals surface area contributed by atoms with Crippen LogP contribution in [-0.4, -0.2) is 15.0 Å². The fourth-order valence-electron chi connectivity index (χ4n) is 8.41. The lowest BCUT2D eigenvalue weighted by Crippen LogP contribution is -2.05. The number of aromatic nitrogens is 3. The van der Waals surface area contributed by atoms with E-state index in [-0.39, 0.29) is 0 Å². The number of furan rings is 1. The van der Waals surface area contributed by atoms with Crippen LogP contribution >= 0.6 is 0 Å². The highest BCUT2D eigenvalue weighted by molar-refractivity contribution is 6.08. The zero-order valence-electron chi connectivity index (χ0n) is 32.2. The molecule has 0 bridgehead atoms. The lowest BCUT2D eigenvalue weighted by atomic mass is 9.97. The first-order valence-electron chi connectivity index (χ1n) is 20.1. The van der Waals surface area contributed by atoms with E-state index in [4.69, 9.17) is 19.4 Å². The lowest BCUT2D eigenvalue weighted by molar-refractivity contribution is 0.668. The molecule has 0 fully saturated rings. The van der Waals surface area contributed by atoms with Crippen molar-refractivity contribution in [1.82, 2.24) is 15.0 Å². The molecule has 0 saturated carbocycles. The van der Waals surface area contributed by atoms with Gasteiger partial charge < -0.3 is 4.42 Å². The van der Waals surface area contributed by atoms with Gasteiger partial charge in [0.05, 0.1) is 0 Å². The summed E-state index contributed by atoms with van der Waals surface area (Å²) in [5, 5.41) is 7.04. The molecule has 0 atom stereocenters. The van der Waals surface area contributed by atoms with Gasteiger partial charge in [0.2, 0.25) is 0 Å². The lowest BCUT2D eigenvalue weighted by Gasteiger charge is -2.11. The van der Waals surface area contributed by atoms with Crippen LogP contribution in [0, 0.1) is 0 Å². The van der Waals surface area contributed by atoms with Gasteiger partial charge in [-0.1, -0.05) is 176 Å². The zero-order valence-corrected chi connectivity index (χ0v) is 32.2. The Kier molecular flexibility index (Phi) is 8.59. The van der Waals surface area contributed by atoms with Gasteiger partial charge in [0.25, 0.3) is 0 Å². The third kappa shape index (κ3) is 6.61. The second-order valence-corrected chi connectivity index (χ2v) is 15.1. The summed E-state index contributed by atoms with van der Waals surface area (Å²) in [6.07, 6.45) is 1.37. The first-order valence-corrected chi connectivity index (χ1v) is 20.1. The minimum atomic E-state index is 0.636. The molecule has 0 amide bonds. The predicted molar refractivity (Wildman–Crippen MR) is 243 cm³/mol. The van der Waals surface area contributed by atoms with Crippen molar-refractivity contribution in [2.75, 3.05) is 0 Å². The van der Waals surface area contributed by atoms with Gasteiger partial charge in [-0.3, -0.25) is 0 Å². The van der Waals surface area contributed by atoms with Gasteiger partial charge in [-0.05, 0) is 91.2 Å². The molecule has 0 aliphatic carbocycles. The van der Waals surface area contributed by atoms with Crippen molar-refractivity contribution in [3.8, 4) is 56.2 Å². The van der Waals surface area contributed by atoms with Gasteiger partial charge in [0, 0.05) is 28.3 Å². The van der Waals surface area contributed by atoms with E-state index in [1.165, 1.54) is 44.0 Å². The summed E-state index contributed by atoms with van der Waals surface area (Å²) in [5.41, 5.74) is 12.0. The molecule has 4 heteroatoms. The molecule has 0 aliphatic rings. The van der Waals surface area contributed by atoms with Crippen LogP contribution in [-0.2, 0) is 12.8 Å². The van der Waals surface area contributed by atoms with Gasteiger partial charge in [-0.25, -0.2) is 15.0 Å². The molecular formula is C55H37N3O. The highest BCUT2D eigenvalue weighted by Crippen LogP contribution is 2.36. The number of hydrogen-bond donors (Lipinski definition) is 0. The van der Waals surface area contributed by atoms with Crippen LogP contribution in [0.5, 0.6) is 0 Å². The zero-order chi connectivity index (χ0) is 39.1. The Balaban J connectivity index is 0.948. The normalized spacial score (nSPS) is 11.5. The van der Waals surface area contributed by atoms with Crippen molar-refractivity contribution in [2.45, 2.75) is 12.8 Å². The van der Waals surface area contributed by atoms with E-state index in [0.29, 0.717) is 18.1 Å². The monoisotopic (exact) mass is 755 g/mol. The van der Waals surface area contributed by atoms with Crippen LogP contribution in [0.1, 0.15) is 11.4 Å². The van der Waals surface area contributed by atoms with Crippen LogP contribution in [0.2, 0.25) is 0 Å². The van der Waals surface area contributed by atoms with Crippen LogP contribution in [0.4, 0.5) is 0 Å². The Morgan fingerprint density at radius 2 is 0.949 bits per heavy atom. The fraction of sp³-hybridized carbons (Fsp3) is 0.0364. The summed E-state index contributed by atoms with van der Waals surface area (Å²) in [6, 6.07) is 70.6. The van der Waals surface area contributed by atoms with Gasteiger partial charge in [-0.2, -0.15) is 0 Å². The van der Waals surface area contributed by atoms with Crippen molar-refractivity contribution < 1.29 is 4.42 Å². The molecule has 0 saturated heterocycles. The van der Waals surface area contributed by atoms with Gasteiger partial charge in [-0.15, -0.1) is 0 Å². The van der Waals surface area contributed by atoms with Crippen molar-refractivity contribution in [3.05, 3.63) is 212 Å². The number of fused-ring (bicyclic) bond motifs is 5. The molecule has 278 valence electrons. The van der Waals surface area contributed by atoms with Crippen LogP contribution in [0.3, 0.4) is 0 Å². The number of hydrogen-bond acceptors (Lipinski definition) is 4. The average Bonchev–Trinajstić information content (AvgIpc) is 3.69. The molecule has 0 aliphatic heterocycles. The molecule has 11 rings (SSSR count). The first-order chi connectivity index (χ1) is 29.2. The third-order valence-corrected chi connectivity index (χ3v) is 11.5. The Morgan fingerprint density at radius 3 is 1.78 bits per heavy atom. The minimum absolute atomic E-state index is 0.636. The summed E-state index contributed by atoms with van der Waals surface area (Å²) in [6.45, 7) is 0. The standard InChI is InChI=1S/C55H37N3O/c1-2-10-36(11-3-1)38-20-22-39(23-21-38)45-30-32-50-49(35-45)53-42(16-9-19-51(53)59-50)31-33-52-56-54(58-55(57-52)46-29-24-37-12-4-5-14-44(37)34-46)43-27-25-41(26-28-43)48-18-8-15-40-13-6-7-17-47(40)48/h1-30,32,34-35H,31,33H2. The molecule has 0 unspecified atom stereocenters. The van der Waals surface area contributed by atoms with Crippen LogP contribution < -0.4 is 0 Å². The molecule has 4 nitrogen and oxygen atoms in total. The largest absolute Gasteiger partial charge is 0.456 e. The molecule has 0 spiro atoms. The average molecular weight is 756 g/mol. The second kappa shape index (κ2) is 14.7. The molecule has 9 aromatic carbocycles. The summed E-state index contributed by atoms with van der Waals surface area (Å²) in [5.74, 6) is 2.08. The smallest absolute Gasteiger partial charge is 0.163 e. The van der Waals surface area contributed by atoms with Crippen molar-refractivity contribution in [1.29, 1.82) is 0 Å². The Labute approximate surface area is 342 Å². The number of nitrogens with zero attached hydrogens (tertiary/aromatic N) is 3. The maximum Gasteiger partial charge on any atom is 0.163 e. The highest BCUT2D eigenvalue weighted by Gasteiger charge is 2.16. The second-order valence-electron chi connectivity index (χ2n) is 15.1. The molecule has 0 radical (unpaired) electrons. The van der Waals surface area contributed by atoms with E-state index in [1.54, 1.807) is 0 Å². The summed E-state index contributed by atoms with van der Waals surface area (Å²) >= 11 is 0. The molecular weight excluding hydrogens is 719 g/mol. The number of aryl methyl sites for hydroxylation is 2. The molecule has 0 N–H and O–H groups in total. The van der Waals surface area contributed by atoms with E-state index in [9.17, 15) is 0 Å². The molecule has 59 heavy (non-hydrogen) atoms. The number of rotatable bonds is 8. The molecule has 2 heterocycles. The molecule has 11 aromatic rings. The summed E-state index contributed by atoms with van der Waals surface area (Å²) in [7, 11) is 0. The first kappa shape index (κ1) is 34.5.